The second-order valence-electron chi connectivity index (χ2n) is 3.93. The van der Waals surface area contributed by atoms with Gasteiger partial charge in [0.1, 0.15) is 5.75 Å². The van der Waals surface area contributed by atoms with Gasteiger partial charge in [-0.15, -0.1) is 23.4 Å². The summed E-state index contributed by atoms with van der Waals surface area (Å²) in [6.07, 6.45) is 0. The van der Waals surface area contributed by atoms with Gasteiger partial charge in [-0.1, -0.05) is 34.1 Å². The largest absolute Gasteiger partial charge is 0.493 e. The van der Waals surface area contributed by atoms with Crippen molar-refractivity contribution in [1.29, 1.82) is 0 Å². The Hall–Kier alpha value is -0.640. The van der Waals surface area contributed by atoms with E-state index >= 15 is 0 Å². The van der Waals surface area contributed by atoms with Crippen LogP contribution in [0.15, 0.2) is 57.9 Å². The molecule has 19 heavy (non-hydrogen) atoms. The average Bonchev–Trinajstić information content (AvgIpc) is 2.44. The first-order valence-electron chi connectivity index (χ1n) is 5.94. The number of alkyl halides is 1. The third kappa shape index (κ3) is 5.09. The minimum atomic E-state index is 0.566. The van der Waals surface area contributed by atoms with Gasteiger partial charge in [0.05, 0.1) is 6.61 Å². The molecule has 2 rings (SSSR count). The van der Waals surface area contributed by atoms with Crippen molar-refractivity contribution >= 4 is 39.3 Å². The van der Waals surface area contributed by atoms with Gasteiger partial charge in [-0.2, -0.15) is 0 Å². The number of ether oxygens (including phenoxy) is 1. The Kier molecular flexibility index (Phi) is 6.08. The quantitative estimate of drug-likeness (QED) is 0.391. The molecule has 0 aliphatic carbocycles. The first-order valence-corrected chi connectivity index (χ1v) is 8.25. The number of hydrogen-bond donors (Lipinski definition) is 0. The first-order chi connectivity index (χ1) is 9.28. The van der Waals surface area contributed by atoms with Crippen molar-refractivity contribution in [3.8, 4) is 5.75 Å². The Labute approximate surface area is 131 Å². The number of rotatable bonds is 6. The van der Waals surface area contributed by atoms with E-state index in [1.54, 1.807) is 11.8 Å². The van der Waals surface area contributed by atoms with E-state index < -0.39 is 0 Å². The van der Waals surface area contributed by atoms with Crippen LogP contribution in [0, 0.1) is 0 Å². The lowest BCUT2D eigenvalue weighted by atomic mass is 10.2. The fourth-order valence-corrected chi connectivity index (χ4v) is 2.84. The van der Waals surface area contributed by atoms with Crippen molar-refractivity contribution in [3.05, 3.63) is 58.6 Å². The van der Waals surface area contributed by atoms with Crippen molar-refractivity contribution in [3.63, 3.8) is 0 Å². The maximum atomic E-state index is 5.76. The number of thioether (sulfide) groups is 1. The molecule has 2 aromatic carbocycles. The molecule has 0 fully saturated rings. The van der Waals surface area contributed by atoms with Crippen LogP contribution in [0.5, 0.6) is 5.75 Å². The molecule has 0 bridgehead atoms. The SMILES string of the molecule is ClCc1ccc(SCCOc2cccc(Br)c2)cc1. The van der Waals surface area contributed by atoms with Gasteiger partial charge in [0, 0.05) is 21.0 Å². The van der Waals surface area contributed by atoms with Gasteiger partial charge in [0.15, 0.2) is 0 Å². The molecule has 0 spiro atoms. The lowest BCUT2D eigenvalue weighted by Gasteiger charge is -2.06. The number of hydrogen-bond acceptors (Lipinski definition) is 2. The summed E-state index contributed by atoms with van der Waals surface area (Å²) in [6.45, 7) is 0.693. The van der Waals surface area contributed by atoms with Gasteiger partial charge in [0.2, 0.25) is 0 Å². The summed E-state index contributed by atoms with van der Waals surface area (Å²) in [7, 11) is 0. The summed E-state index contributed by atoms with van der Waals surface area (Å²) in [5.41, 5.74) is 1.15. The lowest BCUT2D eigenvalue weighted by molar-refractivity contribution is 0.344. The van der Waals surface area contributed by atoms with E-state index in [-0.39, 0.29) is 0 Å². The second kappa shape index (κ2) is 7.83. The summed E-state index contributed by atoms with van der Waals surface area (Å²) in [6, 6.07) is 16.2. The third-order valence-electron chi connectivity index (χ3n) is 2.49. The summed E-state index contributed by atoms with van der Waals surface area (Å²) in [5.74, 6) is 2.39. The van der Waals surface area contributed by atoms with E-state index in [0.717, 1.165) is 21.5 Å². The smallest absolute Gasteiger partial charge is 0.120 e. The highest BCUT2D eigenvalue weighted by atomic mass is 79.9. The van der Waals surface area contributed by atoms with E-state index in [0.29, 0.717) is 12.5 Å². The zero-order valence-electron chi connectivity index (χ0n) is 10.3. The molecule has 0 aliphatic heterocycles. The Balaban J connectivity index is 1.74. The standard InChI is InChI=1S/C15H14BrClOS/c16-13-2-1-3-14(10-13)18-8-9-19-15-6-4-12(11-17)5-7-15/h1-7,10H,8-9,11H2. The van der Waals surface area contributed by atoms with E-state index in [1.165, 1.54) is 4.90 Å². The van der Waals surface area contributed by atoms with Gasteiger partial charge in [-0.25, -0.2) is 0 Å². The van der Waals surface area contributed by atoms with Gasteiger partial charge in [-0.05, 0) is 35.9 Å². The summed E-state index contributed by atoms with van der Waals surface area (Å²) >= 11 is 11.0. The normalized spacial score (nSPS) is 10.4. The number of halogens is 2. The van der Waals surface area contributed by atoms with Crippen LogP contribution >= 0.6 is 39.3 Å². The van der Waals surface area contributed by atoms with Crippen LogP contribution in [-0.4, -0.2) is 12.4 Å². The predicted octanol–water partition coefficient (Wildman–Crippen LogP) is 5.36. The van der Waals surface area contributed by atoms with Crippen molar-refractivity contribution < 1.29 is 4.74 Å². The highest BCUT2D eigenvalue weighted by Gasteiger charge is 1.97. The van der Waals surface area contributed by atoms with E-state index in [9.17, 15) is 0 Å². The number of benzene rings is 2. The first kappa shape index (κ1) is 14.8. The maximum Gasteiger partial charge on any atom is 0.120 e. The molecule has 0 N–H and O–H groups in total. The Bertz CT molecular complexity index is 516. The van der Waals surface area contributed by atoms with Crippen LogP contribution in [-0.2, 0) is 5.88 Å². The molecule has 0 saturated heterocycles. The van der Waals surface area contributed by atoms with Crippen LogP contribution in [0.3, 0.4) is 0 Å². The topological polar surface area (TPSA) is 9.23 Å². The van der Waals surface area contributed by atoms with Crippen LogP contribution < -0.4 is 4.74 Å². The van der Waals surface area contributed by atoms with Crippen molar-refractivity contribution in [2.45, 2.75) is 10.8 Å². The molecule has 0 heterocycles. The van der Waals surface area contributed by atoms with Crippen LogP contribution in [0.25, 0.3) is 0 Å². The predicted molar refractivity (Wildman–Crippen MR) is 86.4 cm³/mol. The summed E-state index contributed by atoms with van der Waals surface area (Å²) in [4.78, 5) is 1.24. The van der Waals surface area contributed by atoms with Gasteiger partial charge < -0.3 is 4.74 Å². The monoisotopic (exact) mass is 356 g/mol. The molecule has 0 unspecified atom stereocenters. The molecule has 0 radical (unpaired) electrons. The fraction of sp³-hybridized carbons (Fsp3) is 0.200. The van der Waals surface area contributed by atoms with E-state index in [1.807, 2.05) is 24.3 Å². The van der Waals surface area contributed by atoms with E-state index in [4.69, 9.17) is 16.3 Å². The zero-order chi connectivity index (χ0) is 13.5. The molecule has 0 aliphatic rings. The molecule has 0 amide bonds. The highest BCUT2D eigenvalue weighted by molar-refractivity contribution is 9.10. The van der Waals surface area contributed by atoms with Crippen LogP contribution in [0.2, 0.25) is 0 Å². The molecule has 2 aromatic rings. The van der Waals surface area contributed by atoms with Gasteiger partial charge >= 0.3 is 0 Å². The molecule has 0 saturated carbocycles. The van der Waals surface area contributed by atoms with Gasteiger partial charge in [0.25, 0.3) is 0 Å². The van der Waals surface area contributed by atoms with Crippen molar-refractivity contribution in [2.24, 2.45) is 0 Å². The Morgan fingerprint density at radius 1 is 1.11 bits per heavy atom. The van der Waals surface area contributed by atoms with Crippen molar-refractivity contribution in [2.75, 3.05) is 12.4 Å². The van der Waals surface area contributed by atoms with Gasteiger partial charge in [-0.3, -0.25) is 0 Å². The molecular formula is C15H14BrClOS. The Morgan fingerprint density at radius 3 is 2.58 bits per heavy atom. The molecule has 0 aromatic heterocycles. The molecule has 4 heteroatoms. The fourth-order valence-electron chi connectivity index (χ4n) is 1.55. The minimum absolute atomic E-state index is 0.566. The van der Waals surface area contributed by atoms with E-state index in [2.05, 4.69) is 40.2 Å². The average molecular weight is 358 g/mol. The minimum Gasteiger partial charge on any atom is -0.493 e. The van der Waals surface area contributed by atoms with Crippen molar-refractivity contribution in [1.82, 2.24) is 0 Å². The summed E-state index contributed by atoms with van der Waals surface area (Å²) < 4.78 is 6.72. The highest BCUT2D eigenvalue weighted by Crippen LogP contribution is 2.21. The Morgan fingerprint density at radius 2 is 1.89 bits per heavy atom. The van der Waals surface area contributed by atoms with Crippen LogP contribution in [0.1, 0.15) is 5.56 Å². The molecule has 1 nitrogen and oxygen atoms in total. The molecule has 0 atom stereocenters. The lowest BCUT2D eigenvalue weighted by Crippen LogP contribution is -1.99. The zero-order valence-corrected chi connectivity index (χ0v) is 13.5. The molecule has 100 valence electrons. The summed E-state index contributed by atoms with van der Waals surface area (Å²) in [5, 5.41) is 0. The van der Waals surface area contributed by atoms with Crippen LogP contribution in [0.4, 0.5) is 0 Å². The third-order valence-corrected chi connectivity index (χ3v) is 4.27. The maximum absolute atomic E-state index is 5.76. The second-order valence-corrected chi connectivity index (χ2v) is 6.28. The molecular weight excluding hydrogens is 344 g/mol.